The van der Waals surface area contributed by atoms with Crippen molar-refractivity contribution in [1.82, 2.24) is 0 Å². The van der Waals surface area contributed by atoms with Crippen molar-refractivity contribution in [2.45, 2.75) is 38.8 Å². The second-order valence-corrected chi connectivity index (χ2v) is 7.53. The highest BCUT2D eigenvalue weighted by Gasteiger charge is 2.58. The molecule has 1 aliphatic heterocycles. The summed E-state index contributed by atoms with van der Waals surface area (Å²) in [6, 6.07) is 6.50. The molecule has 2 fully saturated rings. The third kappa shape index (κ3) is 2.51. The number of nitrogens with zero attached hydrogens (tertiary/aromatic N) is 1. The van der Waals surface area contributed by atoms with E-state index < -0.39 is 0 Å². The first-order valence-corrected chi connectivity index (χ1v) is 8.14. The number of ether oxygens (including phenoxy) is 1. The molecule has 0 aromatic heterocycles. The molecule has 1 aromatic rings. The van der Waals surface area contributed by atoms with Crippen molar-refractivity contribution in [3.05, 3.63) is 23.2 Å². The van der Waals surface area contributed by atoms with Crippen molar-refractivity contribution in [2.24, 2.45) is 11.3 Å². The van der Waals surface area contributed by atoms with Crippen LogP contribution in [0.3, 0.4) is 0 Å². The number of anilines is 2. The van der Waals surface area contributed by atoms with Crippen molar-refractivity contribution in [2.75, 3.05) is 30.9 Å². The lowest BCUT2D eigenvalue weighted by Gasteiger charge is -2.60. The fourth-order valence-corrected chi connectivity index (χ4v) is 4.17. The van der Waals surface area contributed by atoms with E-state index in [1.54, 1.807) is 0 Å². The number of hydrogen-bond acceptors (Lipinski definition) is 3. The van der Waals surface area contributed by atoms with Crippen molar-refractivity contribution in [1.29, 1.82) is 0 Å². The quantitative estimate of drug-likeness (QED) is 0.912. The van der Waals surface area contributed by atoms with Crippen LogP contribution in [0.4, 0.5) is 11.4 Å². The Hall–Kier alpha value is -0.930. The Bertz CT molecular complexity index is 530. The van der Waals surface area contributed by atoms with Crippen LogP contribution in [-0.4, -0.2) is 32.8 Å². The molecule has 3 nitrogen and oxygen atoms in total. The summed E-state index contributed by atoms with van der Waals surface area (Å²) in [5, 5.41) is 4.53. The normalized spacial score (nSPS) is 30.2. The summed E-state index contributed by atoms with van der Waals surface area (Å²) in [6.07, 6.45) is 2.82. The topological polar surface area (TPSA) is 24.5 Å². The molecule has 21 heavy (non-hydrogen) atoms. The second-order valence-electron chi connectivity index (χ2n) is 7.10. The third-order valence-electron chi connectivity index (χ3n) is 5.08. The molecule has 1 N–H and O–H groups in total. The second kappa shape index (κ2) is 5.36. The van der Waals surface area contributed by atoms with Crippen LogP contribution in [0, 0.1) is 11.3 Å². The Morgan fingerprint density at radius 3 is 2.81 bits per heavy atom. The van der Waals surface area contributed by atoms with Crippen molar-refractivity contribution in [3.8, 4) is 0 Å². The number of nitrogens with one attached hydrogen (secondary N) is 1. The molecule has 4 heteroatoms. The van der Waals surface area contributed by atoms with Gasteiger partial charge in [-0.05, 0) is 31.0 Å². The SMILES string of the molecule is CN(C)c1ccc(Cl)cc1NC1C2CCCOC2C1(C)C. The average Bonchev–Trinajstić information content (AvgIpc) is 2.44. The fraction of sp³-hybridized carbons (Fsp3) is 0.647. The zero-order chi connectivity index (χ0) is 15.2. The van der Waals surface area contributed by atoms with E-state index in [0.717, 1.165) is 17.3 Å². The molecule has 1 aromatic carbocycles. The maximum atomic E-state index is 6.19. The first kappa shape index (κ1) is 15.0. The van der Waals surface area contributed by atoms with Crippen molar-refractivity contribution < 1.29 is 4.74 Å². The summed E-state index contributed by atoms with van der Waals surface area (Å²) in [5.74, 6) is 0.614. The molecule has 1 aliphatic carbocycles. The fourth-order valence-electron chi connectivity index (χ4n) is 4.00. The van der Waals surface area contributed by atoms with Crippen LogP contribution in [0.15, 0.2) is 18.2 Å². The van der Waals surface area contributed by atoms with Crippen LogP contribution in [0.2, 0.25) is 5.02 Å². The minimum atomic E-state index is 0.164. The van der Waals surface area contributed by atoms with E-state index in [0.29, 0.717) is 18.1 Å². The van der Waals surface area contributed by atoms with Gasteiger partial charge in [0.2, 0.25) is 0 Å². The highest BCUT2D eigenvalue weighted by Crippen LogP contribution is 2.53. The minimum Gasteiger partial charge on any atom is -0.380 e. The highest BCUT2D eigenvalue weighted by atomic mass is 35.5. The number of benzene rings is 1. The molecular formula is C17H25ClN2O. The zero-order valence-corrected chi connectivity index (χ0v) is 14.1. The maximum absolute atomic E-state index is 6.19. The lowest BCUT2D eigenvalue weighted by molar-refractivity contribution is -0.177. The summed E-state index contributed by atoms with van der Waals surface area (Å²) >= 11 is 6.19. The number of halogens is 1. The number of rotatable bonds is 3. The highest BCUT2D eigenvalue weighted by molar-refractivity contribution is 6.31. The van der Waals surface area contributed by atoms with Crippen LogP contribution >= 0.6 is 11.6 Å². The summed E-state index contributed by atoms with van der Waals surface area (Å²) in [5.41, 5.74) is 2.46. The Kier molecular flexibility index (Phi) is 3.83. The molecule has 0 radical (unpaired) electrons. The van der Waals surface area contributed by atoms with Crippen LogP contribution in [0.1, 0.15) is 26.7 Å². The Morgan fingerprint density at radius 2 is 2.10 bits per heavy atom. The van der Waals surface area contributed by atoms with E-state index >= 15 is 0 Å². The molecule has 3 atom stereocenters. The molecule has 0 spiro atoms. The van der Waals surface area contributed by atoms with Gasteiger partial charge in [0.1, 0.15) is 0 Å². The molecule has 3 unspecified atom stereocenters. The van der Waals surface area contributed by atoms with Gasteiger partial charge >= 0.3 is 0 Å². The van der Waals surface area contributed by atoms with Gasteiger partial charge in [-0.15, -0.1) is 0 Å². The first-order valence-electron chi connectivity index (χ1n) is 7.76. The van der Waals surface area contributed by atoms with Crippen LogP contribution < -0.4 is 10.2 Å². The molecule has 1 heterocycles. The van der Waals surface area contributed by atoms with Crippen molar-refractivity contribution in [3.63, 3.8) is 0 Å². The average molecular weight is 309 g/mol. The molecule has 2 aliphatic rings. The Labute approximate surface area is 132 Å². The smallest absolute Gasteiger partial charge is 0.0693 e. The third-order valence-corrected chi connectivity index (χ3v) is 5.32. The van der Waals surface area contributed by atoms with Gasteiger partial charge < -0.3 is 15.0 Å². The van der Waals surface area contributed by atoms with Gasteiger partial charge in [0, 0.05) is 43.1 Å². The minimum absolute atomic E-state index is 0.164. The van der Waals surface area contributed by atoms with Crippen LogP contribution in [0.25, 0.3) is 0 Å². The van der Waals surface area contributed by atoms with Gasteiger partial charge in [0.15, 0.2) is 0 Å². The summed E-state index contributed by atoms with van der Waals surface area (Å²) < 4.78 is 5.99. The molecule has 1 saturated carbocycles. The lowest BCUT2D eigenvalue weighted by atomic mass is 9.55. The van der Waals surface area contributed by atoms with E-state index in [9.17, 15) is 0 Å². The summed E-state index contributed by atoms with van der Waals surface area (Å²) in [7, 11) is 4.12. The van der Waals surface area contributed by atoms with E-state index in [1.807, 2.05) is 12.1 Å². The number of fused-ring (bicyclic) bond motifs is 1. The standard InChI is InChI=1S/C17H25ClN2O/c1-17(2)15(12-6-5-9-21-16(12)17)19-13-10-11(18)7-8-14(13)20(3)4/h7-8,10,12,15-16,19H,5-6,9H2,1-4H3. The molecule has 1 saturated heterocycles. The summed E-state index contributed by atoms with van der Waals surface area (Å²) in [4.78, 5) is 2.12. The largest absolute Gasteiger partial charge is 0.380 e. The Morgan fingerprint density at radius 1 is 1.33 bits per heavy atom. The molecule has 0 amide bonds. The number of hydrogen-bond donors (Lipinski definition) is 1. The first-order chi connectivity index (χ1) is 9.91. The van der Waals surface area contributed by atoms with Gasteiger partial charge in [-0.1, -0.05) is 25.4 Å². The Balaban J connectivity index is 1.85. The predicted molar refractivity (Wildman–Crippen MR) is 89.4 cm³/mol. The van der Waals surface area contributed by atoms with Gasteiger partial charge in [-0.3, -0.25) is 0 Å². The van der Waals surface area contributed by atoms with Crippen LogP contribution in [0.5, 0.6) is 0 Å². The van der Waals surface area contributed by atoms with Crippen LogP contribution in [-0.2, 0) is 4.74 Å². The molecule has 3 rings (SSSR count). The monoisotopic (exact) mass is 308 g/mol. The van der Waals surface area contributed by atoms with Gasteiger partial charge in [-0.25, -0.2) is 0 Å². The van der Waals surface area contributed by atoms with Gasteiger partial charge in [0.25, 0.3) is 0 Å². The predicted octanol–water partition coefficient (Wildman–Crippen LogP) is 4.02. The van der Waals surface area contributed by atoms with Gasteiger partial charge in [0.05, 0.1) is 17.5 Å². The lowest BCUT2D eigenvalue weighted by Crippen LogP contribution is -2.67. The molecule has 116 valence electrons. The van der Waals surface area contributed by atoms with E-state index in [4.69, 9.17) is 16.3 Å². The summed E-state index contributed by atoms with van der Waals surface area (Å²) in [6.45, 7) is 5.52. The van der Waals surface area contributed by atoms with E-state index in [-0.39, 0.29) is 5.41 Å². The maximum Gasteiger partial charge on any atom is 0.0693 e. The van der Waals surface area contributed by atoms with E-state index in [1.165, 1.54) is 18.5 Å². The molecule has 0 bridgehead atoms. The molecular weight excluding hydrogens is 284 g/mol. The van der Waals surface area contributed by atoms with E-state index in [2.05, 4.69) is 44.2 Å². The van der Waals surface area contributed by atoms with Crippen molar-refractivity contribution >= 4 is 23.0 Å². The zero-order valence-electron chi connectivity index (χ0n) is 13.3. The van der Waals surface area contributed by atoms with Gasteiger partial charge in [-0.2, -0.15) is 0 Å².